The van der Waals surface area contributed by atoms with Gasteiger partial charge in [-0.15, -0.1) is 0 Å². The zero-order valence-electron chi connectivity index (χ0n) is 17.7. The molecule has 0 fully saturated rings. The molecule has 2 unspecified atom stereocenters. The van der Waals surface area contributed by atoms with Crippen LogP contribution in [0.5, 0.6) is 0 Å². The van der Waals surface area contributed by atoms with Gasteiger partial charge in [0.2, 0.25) is 0 Å². The number of allylic oxidation sites excluding steroid dienone is 1. The van der Waals surface area contributed by atoms with Crippen molar-refractivity contribution in [3.8, 4) is 0 Å². The first kappa shape index (κ1) is 24.4. The second kappa shape index (κ2) is 11.9. The van der Waals surface area contributed by atoms with Crippen LogP contribution < -0.4 is 0 Å². The molecule has 0 saturated carbocycles. The molecule has 3 heteroatoms. The molecule has 0 aromatic heterocycles. The third-order valence-electron chi connectivity index (χ3n) is 5.76. The van der Waals surface area contributed by atoms with Crippen molar-refractivity contribution in [3.05, 3.63) is 10.2 Å². The number of hydrogen-bond acceptors (Lipinski definition) is 1. The molecule has 1 nitrogen and oxygen atoms in total. The van der Waals surface area contributed by atoms with Crippen LogP contribution >= 0.6 is 0 Å². The fourth-order valence-corrected chi connectivity index (χ4v) is 29.2. The molecular weight excluding hydrogens is 415 g/mol. The summed E-state index contributed by atoms with van der Waals surface area (Å²) in [6.07, 6.45) is 9.22. The van der Waals surface area contributed by atoms with E-state index in [2.05, 4.69) is 47.3 Å². The summed E-state index contributed by atoms with van der Waals surface area (Å²) in [5.41, 5.74) is 0.497. The summed E-state index contributed by atoms with van der Waals surface area (Å²) in [4.78, 5) is 11.7. The van der Waals surface area contributed by atoms with Gasteiger partial charge in [0.25, 0.3) is 0 Å². The van der Waals surface area contributed by atoms with Crippen LogP contribution in [0, 0.1) is 5.92 Å². The number of rotatable bonds is 14. The van der Waals surface area contributed by atoms with Crippen LogP contribution in [-0.4, -0.2) is 32.7 Å². The maximum absolute atomic E-state index is 11.7. The van der Waals surface area contributed by atoms with Gasteiger partial charge in [-0.1, -0.05) is 0 Å². The van der Waals surface area contributed by atoms with Crippen LogP contribution in [0.3, 0.4) is 0 Å². The van der Waals surface area contributed by atoms with E-state index in [1.165, 1.54) is 58.1 Å². The van der Waals surface area contributed by atoms with Gasteiger partial charge in [0, 0.05) is 0 Å². The molecule has 0 aliphatic heterocycles. The Balaban J connectivity index is 5.82. The minimum atomic E-state index is -2.45. The normalized spacial score (nSPS) is 15.1. The predicted molar refractivity (Wildman–Crippen MR) is 116 cm³/mol. The first-order chi connectivity index (χ1) is 11.2. The molecule has 0 rings (SSSR count). The average Bonchev–Trinajstić information content (AvgIpc) is 2.53. The Morgan fingerprint density at radius 3 is 1.58 bits per heavy atom. The van der Waals surface area contributed by atoms with E-state index in [4.69, 9.17) is 6.58 Å². The van der Waals surface area contributed by atoms with Crippen molar-refractivity contribution in [3.63, 3.8) is 0 Å². The minimum absolute atomic E-state index is 0.158. The molecule has 0 aliphatic carbocycles. The molecule has 0 saturated heterocycles. The molecule has 0 radical (unpaired) electrons. The van der Waals surface area contributed by atoms with Gasteiger partial charge >= 0.3 is 158 Å². The van der Waals surface area contributed by atoms with Crippen molar-refractivity contribution in [2.75, 3.05) is 0 Å². The molecular formula is C21H44OSiSn. The van der Waals surface area contributed by atoms with Crippen LogP contribution in [0.4, 0.5) is 0 Å². The summed E-state index contributed by atoms with van der Waals surface area (Å²) in [5, 5.41) is 0. The average molecular weight is 459 g/mol. The summed E-state index contributed by atoms with van der Waals surface area (Å²) >= 11 is -2.45. The van der Waals surface area contributed by atoms with Gasteiger partial charge in [-0.2, -0.15) is 0 Å². The Bertz CT molecular complexity index is 351. The molecule has 0 aromatic carbocycles. The van der Waals surface area contributed by atoms with E-state index in [1.807, 2.05) is 0 Å². The summed E-state index contributed by atoms with van der Waals surface area (Å²) in [5.74, 6) is 0.158. The third kappa shape index (κ3) is 7.35. The molecule has 0 heterocycles. The van der Waals surface area contributed by atoms with E-state index in [0.29, 0.717) is 5.54 Å². The van der Waals surface area contributed by atoms with Gasteiger partial charge in [0.15, 0.2) is 0 Å². The monoisotopic (exact) mass is 460 g/mol. The van der Waals surface area contributed by atoms with Crippen molar-refractivity contribution in [1.82, 2.24) is 0 Å². The number of aldehydes is 1. The fraction of sp³-hybridized carbons (Fsp3) is 0.857. The second-order valence-corrected chi connectivity index (χ2v) is 27.7. The fourth-order valence-electron chi connectivity index (χ4n) is 4.44. The molecule has 0 amide bonds. The molecule has 0 aromatic rings. The zero-order valence-corrected chi connectivity index (χ0v) is 21.6. The van der Waals surface area contributed by atoms with E-state index < -0.39 is 26.5 Å². The van der Waals surface area contributed by atoms with E-state index in [-0.39, 0.29) is 5.92 Å². The Hall–Kier alpha value is 0.426. The zero-order chi connectivity index (χ0) is 18.8. The van der Waals surface area contributed by atoms with Crippen molar-refractivity contribution in [2.24, 2.45) is 5.92 Å². The first-order valence-corrected chi connectivity index (χ1v) is 21.4. The van der Waals surface area contributed by atoms with Crippen LogP contribution in [0.25, 0.3) is 0 Å². The summed E-state index contributed by atoms with van der Waals surface area (Å²) < 4.78 is 6.04. The quantitative estimate of drug-likeness (QED) is 0.195. The number of hydrogen-bond donors (Lipinski definition) is 0. The van der Waals surface area contributed by atoms with Crippen LogP contribution in [-0.2, 0) is 4.79 Å². The number of carbonyl (C=O) groups excluding carboxylic acids is 1. The molecule has 24 heavy (non-hydrogen) atoms. The third-order valence-corrected chi connectivity index (χ3v) is 25.3. The van der Waals surface area contributed by atoms with Gasteiger partial charge in [-0.05, 0) is 0 Å². The predicted octanol–water partition coefficient (Wildman–Crippen LogP) is 7.47. The van der Waals surface area contributed by atoms with Crippen LogP contribution in [0.15, 0.2) is 10.2 Å². The number of unbranched alkanes of at least 4 members (excludes halogenated alkanes) is 3. The van der Waals surface area contributed by atoms with E-state index in [9.17, 15) is 4.79 Å². The van der Waals surface area contributed by atoms with Crippen molar-refractivity contribution < 1.29 is 4.79 Å². The Morgan fingerprint density at radius 1 is 0.958 bits per heavy atom. The van der Waals surface area contributed by atoms with Gasteiger partial charge in [-0.3, -0.25) is 0 Å². The van der Waals surface area contributed by atoms with Gasteiger partial charge in [0.05, 0.1) is 0 Å². The van der Waals surface area contributed by atoms with Crippen molar-refractivity contribution >= 4 is 32.7 Å². The van der Waals surface area contributed by atoms with Gasteiger partial charge in [0.1, 0.15) is 0 Å². The molecule has 0 N–H and O–H groups in total. The standard InChI is InChI=1S/C9H17OSi.3C4H9.Sn/c1-6-9(8(2)7-10)11(3,4)5;3*1-3-4-2;/h7-9H,1H2,2-5H3;3*1,3-4H2,2H3;. The summed E-state index contributed by atoms with van der Waals surface area (Å²) in [7, 11) is -1.44. The van der Waals surface area contributed by atoms with E-state index in [1.54, 1.807) is 3.59 Å². The molecule has 142 valence electrons. The van der Waals surface area contributed by atoms with E-state index >= 15 is 0 Å². The molecule has 0 spiro atoms. The second-order valence-electron chi connectivity index (χ2n) is 8.96. The molecule has 0 aliphatic rings. The van der Waals surface area contributed by atoms with Crippen molar-refractivity contribution in [2.45, 2.75) is 105 Å². The van der Waals surface area contributed by atoms with Crippen LogP contribution in [0.1, 0.15) is 66.2 Å². The molecule has 0 bridgehead atoms. The SMILES string of the molecule is C=[C](C(C(C)C=O)[Si](C)(C)C)[Sn]([CH2]CCC)([CH2]CCC)[CH2]CCC. The first-order valence-electron chi connectivity index (χ1n) is 10.3. The Morgan fingerprint density at radius 2 is 1.33 bits per heavy atom. The summed E-state index contributed by atoms with van der Waals surface area (Å²) in [6, 6.07) is 0. The summed E-state index contributed by atoms with van der Waals surface area (Å²) in [6.45, 7) is 21.2. The maximum atomic E-state index is 11.7. The Labute approximate surface area is 158 Å². The van der Waals surface area contributed by atoms with Gasteiger partial charge < -0.3 is 0 Å². The van der Waals surface area contributed by atoms with Crippen LogP contribution in [0.2, 0.25) is 38.5 Å². The van der Waals surface area contributed by atoms with E-state index in [0.717, 1.165) is 0 Å². The Kier molecular flexibility index (Phi) is 12.1. The molecule has 2 atom stereocenters. The van der Waals surface area contributed by atoms with Gasteiger partial charge in [-0.25, -0.2) is 0 Å². The van der Waals surface area contributed by atoms with Crippen molar-refractivity contribution in [1.29, 1.82) is 0 Å². The topological polar surface area (TPSA) is 17.1 Å². The number of carbonyl (C=O) groups is 1.